The molecule has 2 aliphatic carbocycles. The molecule has 0 unspecified atom stereocenters. The molecule has 2 N–H and O–H groups in total. The van der Waals surface area contributed by atoms with Crippen LogP contribution in [0, 0.1) is 0 Å². The third-order valence-corrected chi connectivity index (χ3v) is 3.97. The number of carboxylic acids is 1. The monoisotopic (exact) mass is 297 g/mol. The Morgan fingerprint density at radius 1 is 1.10 bits per heavy atom. The standard InChI is InChI=1S/C14H23N3O4/c1-16(8-12(18)15-10-6-7-10)14(21)17(9-13(19)20)11-4-2-3-5-11/h10-11H,2-9H2,1H3,(H,15,18)(H,19,20). The number of urea groups is 1. The predicted molar refractivity (Wildman–Crippen MR) is 75.8 cm³/mol. The zero-order chi connectivity index (χ0) is 15.4. The number of rotatable bonds is 6. The second-order valence-corrected chi connectivity index (χ2v) is 5.94. The molecule has 0 spiro atoms. The topological polar surface area (TPSA) is 90.0 Å². The number of amides is 3. The van der Waals surface area contributed by atoms with Gasteiger partial charge in [0.1, 0.15) is 13.1 Å². The molecule has 21 heavy (non-hydrogen) atoms. The molecule has 2 fully saturated rings. The van der Waals surface area contributed by atoms with Crippen molar-refractivity contribution in [1.29, 1.82) is 0 Å². The van der Waals surface area contributed by atoms with Gasteiger partial charge in [0.15, 0.2) is 0 Å². The zero-order valence-electron chi connectivity index (χ0n) is 12.4. The summed E-state index contributed by atoms with van der Waals surface area (Å²) in [6, 6.07) is -0.149. The van der Waals surface area contributed by atoms with Crippen LogP contribution >= 0.6 is 0 Å². The van der Waals surface area contributed by atoms with Gasteiger partial charge in [0.25, 0.3) is 0 Å². The largest absolute Gasteiger partial charge is 0.480 e. The molecule has 0 aromatic carbocycles. The van der Waals surface area contributed by atoms with Gasteiger partial charge >= 0.3 is 12.0 Å². The fourth-order valence-corrected chi connectivity index (χ4v) is 2.72. The van der Waals surface area contributed by atoms with Crippen molar-refractivity contribution in [3.63, 3.8) is 0 Å². The van der Waals surface area contributed by atoms with Crippen molar-refractivity contribution in [3.8, 4) is 0 Å². The zero-order valence-corrected chi connectivity index (χ0v) is 12.4. The van der Waals surface area contributed by atoms with Crippen LogP contribution in [0.1, 0.15) is 38.5 Å². The summed E-state index contributed by atoms with van der Waals surface area (Å²) in [5, 5.41) is 11.8. The molecule has 7 heteroatoms. The molecule has 0 atom stereocenters. The first-order valence-electron chi connectivity index (χ1n) is 7.50. The molecule has 0 bridgehead atoms. The van der Waals surface area contributed by atoms with E-state index in [-0.39, 0.29) is 37.1 Å². The minimum absolute atomic E-state index is 0.0254. The van der Waals surface area contributed by atoms with Crippen LogP contribution in [-0.4, -0.2) is 65.0 Å². The van der Waals surface area contributed by atoms with Gasteiger partial charge in [-0.15, -0.1) is 0 Å². The Kier molecular flexibility index (Phi) is 5.03. The maximum absolute atomic E-state index is 12.4. The van der Waals surface area contributed by atoms with Crippen LogP contribution in [0.5, 0.6) is 0 Å². The number of hydrogen-bond donors (Lipinski definition) is 2. The Balaban J connectivity index is 1.91. The van der Waals surface area contributed by atoms with E-state index in [0.717, 1.165) is 38.5 Å². The number of nitrogens with one attached hydrogen (secondary N) is 1. The lowest BCUT2D eigenvalue weighted by atomic mass is 10.2. The Morgan fingerprint density at radius 3 is 2.24 bits per heavy atom. The second kappa shape index (κ2) is 6.78. The Hall–Kier alpha value is -1.79. The predicted octanol–water partition coefficient (Wildman–Crippen LogP) is 0.646. The molecule has 0 saturated heterocycles. The van der Waals surface area contributed by atoms with Crippen LogP contribution in [0.2, 0.25) is 0 Å². The number of hydrogen-bond acceptors (Lipinski definition) is 3. The fraction of sp³-hybridized carbons (Fsp3) is 0.786. The first kappa shape index (κ1) is 15.6. The van der Waals surface area contributed by atoms with Crippen molar-refractivity contribution >= 4 is 17.9 Å². The van der Waals surface area contributed by atoms with Crippen LogP contribution in [-0.2, 0) is 9.59 Å². The average Bonchev–Trinajstić information content (AvgIpc) is 3.05. The third-order valence-electron chi connectivity index (χ3n) is 3.97. The van der Waals surface area contributed by atoms with Gasteiger partial charge in [0.05, 0.1) is 0 Å². The van der Waals surface area contributed by atoms with E-state index in [1.54, 1.807) is 7.05 Å². The fourth-order valence-electron chi connectivity index (χ4n) is 2.72. The molecule has 2 aliphatic rings. The van der Waals surface area contributed by atoms with E-state index in [1.165, 1.54) is 9.80 Å². The number of carboxylic acid groups (broad SMARTS) is 1. The molecule has 0 aliphatic heterocycles. The van der Waals surface area contributed by atoms with Gasteiger partial charge in [0, 0.05) is 19.1 Å². The van der Waals surface area contributed by atoms with Crippen LogP contribution < -0.4 is 5.32 Å². The number of carbonyl (C=O) groups excluding carboxylic acids is 2. The van der Waals surface area contributed by atoms with Gasteiger partial charge in [-0.05, 0) is 25.7 Å². The van der Waals surface area contributed by atoms with E-state index in [4.69, 9.17) is 5.11 Å². The number of aliphatic carboxylic acids is 1. The minimum atomic E-state index is -1.02. The SMILES string of the molecule is CN(CC(=O)NC1CC1)C(=O)N(CC(=O)O)C1CCCC1. The summed E-state index contributed by atoms with van der Waals surface area (Å²) in [4.78, 5) is 37.8. The van der Waals surface area contributed by atoms with Crippen molar-refractivity contribution in [2.45, 2.75) is 50.6 Å². The number of likely N-dealkylation sites (N-methyl/N-ethyl adjacent to an activating group) is 1. The van der Waals surface area contributed by atoms with Gasteiger partial charge < -0.3 is 20.2 Å². The van der Waals surface area contributed by atoms with Crippen molar-refractivity contribution in [2.24, 2.45) is 0 Å². The molecular formula is C14H23N3O4. The van der Waals surface area contributed by atoms with E-state index in [9.17, 15) is 14.4 Å². The highest BCUT2D eigenvalue weighted by Gasteiger charge is 2.31. The lowest BCUT2D eigenvalue weighted by Gasteiger charge is -2.31. The smallest absolute Gasteiger partial charge is 0.323 e. The molecule has 3 amide bonds. The lowest BCUT2D eigenvalue weighted by molar-refractivity contribution is -0.138. The molecule has 0 radical (unpaired) electrons. The van der Waals surface area contributed by atoms with Gasteiger partial charge in [0.2, 0.25) is 5.91 Å². The summed E-state index contributed by atoms with van der Waals surface area (Å²) in [5.74, 6) is -1.21. The Morgan fingerprint density at radius 2 is 1.71 bits per heavy atom. The molecule has 2 rings (SSSR count). The summed E-state index contributed by atoms with van der Waals surface area (Å²) in [7, 11) is 1.54. The molecule has 118 valence electrons. The first-order chi connectivity index (χ1) is 9.97. The Labute approximate surface area is 124 Å². The summed E-state index contributed by atoms with van der Waals surface area (Å²) in [5.41, 5.74) is 0. The van der Waals surface area contributed by atoms with E-state index >= 15 is 0 Å². The van der Waals surface area contributed by atoms with Gasteiger partial charge in [-0.1, -0.05) is 12.8 Å². The molecule has 7 nitrogen and oxygen atoms in total. The van der Waals surface area contributed by atoms with Gasteiger partial charge in [-0.25, -0.2) is 4.79 Å². The van der Waals surface area contributed by atoms with E-state index in [0.29, 0.717) is 0 Å². The maximum atomic E-state index is 12.4. The molecule has 0 aromatic rings. The van der Waals surface area contributed by atoms with Crippen molar-refractivity contribution in [2.75, 3.05) is 20.1 Å². The summed E-state index contributed by atoms with van der Waals surface area (Å²) in [6.45, 7) is -0.337. The van der Waals surface area contributed by atoms with Crippen molar-refractivity contribution in [3.05, 3.63) is 0 Å². The summed E-state index contributed by atoms with van der Waals surface area (Å²) >= 11 is 0. The van der Waals surface area contributed by atoms with E-state index in [1.807, 2.05) is 0 Å². The van der Waals surface area contributed by atoms with Crippen molar-refractivity contribution < 1.29 is 19.5 Å². The average molecular weight is 297 g/mol. The first-order valence-corrected chi connectivity index (χ1v) is 7.50. The minimum Gasteiger partial charge on any atom is -0.480 e. The van der Waals surface area contributed by atoms with Crippen LogP contribution in [0.4, 0.5) is 4.79 Å². The van der Waals surface area contributed by atoms with Crippen LogP contribution in [0.3, 0.4) is 0 Å². The van der Waals surface area contributed by atoms with Gasteiger partial charge in [-0.2, -0.15) is 0 Å². The molecule has 0 heterocycles. The quantitative estimate of drug-likeness (QED) is 0.753. The molecule has 2 saturated carbocycles. The highest BCUT2D eigenvalue weighted by Crippen LogP contribution is 2.24. The normalized spacial score (nSPS) is 18.3. The molecular weight excluding hydrogens is 274 g/mol. The Bertz CT molecular complexity index is 416. The maximum Gasteiger partial charge on any atom is 0.323 e. The van der Waals surface area contributed by atoms with E-state index in [2.05, 4.69) is 5.32 Å². The summed E-state index contributed by atoms with van der Waals surface area (Å²) in [6.07, 6.45) is 5.69. The lowest BCUT2D eigenvalue weighted by Crippen LogP contribution is -2.50. The molecule has 0 aromatic heterocycles. The summed E-state index contributed by atoms with van der Waals surface area (Å²) < 4.78 is 0. The highest BCUT2D eigenvalue weighted by atomic mass is 16.4. The second-order valence-electron chi connectivity index (χ2n) is 5.94. The highest BCUT2D eigenvalue weighted by molar-refractivity contribution is 5.86. The van der Waals surface area contributed by atoms with Crippen LogP contribution in [0.15, 0.2) is 0 Å². The van der Waals surface area contributed by atoms with Gasteiger partial charge in [-0.3, -0.25) is 9.59 Å². The van der Waals surface area contributed by atoms with E-state index < -0.39 is 5.97 Å². The van der Waals surface area contributed by atoms with Crippen molar-refractivity contribution in [1.82, 2.24) is 15.1 Å². The third kappa shape index (κ3) is 4.61. The van der Waals surface area contributed by atoms with Crippen LogP contribution in [0.25, 0.3) is 0 Å². The number of nitrogens with zero attached hydrogens (tertiary/aromatic N) is 2. The number of carbonyl (C=O) groups is 3.